The summed E-state index contributed by atoms with van der Waals surface area (Å²) in [7, 11) is 1.75. The van der Waals surface area contributed by atoms with Crippen molar-refractivity contribution in [2.24, 2.45) is 5.41 Å². The summed E-state index contributed by atoms with van der Waals surface area (Å²) >= 11 is 0. The predicted octanol–water partition coefficient (Wildman–Crippen LogP) is 3.83. The monoisotopic (exact) mass is 348 g/mol. The molecule has 1 aliphatic rings. The number of hydrogen-bond acceptors (Lipinski definition) is 4. The van der Waals surface area contributed by atoms with Crippen LogP contribution >= 0.6 is 0 Å². The second-order valence-corrected chi connectivity index (χ2v) is 9.01. The van der Waals surface area contributed by atoms with E-state index in [1.54, 1.807) is 7.11 Å². The number of morpholine rings is 1. The van der Waals surface area contributed by atoms with Crippen molar-refractivity contribution in [3.63, 3.8) is 0 Å². The van der Waals surface area contributed by atoms with Gasteiger partial charge in [-0.3, -0.25) is 4.90 Å². The Balaban J connectivity index is 2.02. The van der Waals surface area contributed by atoms with Gasteiger partial charge in [-0.1, -0.05) is 26.8 Å². The maximum absolute atomic E-state index is 5.57. The van der Waals surface area contributed by atoms with E-state index < -0.39 is 0 Å². The van der Waals surface area contributed by atoms with Gasteiger partial charge in [-0.15, -0.1) is 0 Å². The molecular formula is C21H36N2O2. The van der Waals surface area contributed by atoms with Crippen molar-refractivity contribution in [2.75, 3.05) is 33.4 Å². The molecule has 0 bridgehead atoms. The number of benzene rings is 1. The van der Waals surface area contributed by atoms with E-state index in [1.807, 2.05) is 0 Å². The molecule has 0 saturated carbocycles. The lowest BCUT2D eigenvalue weighted by atomic mass is 9.81. The third kappa shape index (κ3) is 6.96. The fourth-order valence-electron chi connectivity index (χ4n) is 3.80. The summed E-state index contributed by atoms with van der Waals surface area (Å²) in [5.41, 5.74) is 3.00. The Morgan fingerprint density at radius 3 is 2.40 bits per heavy atom. The maximum Gasteiger partial charge on any atom is 0.123 e. The number of nitrogens with zero attached hydrogens (tertiary/aromatic N) is 1. The van der Waals surface area contributed by atoms with E-state index in [0.717, 1.165) is 51.6 Å². The molecule has 4 nitrogen and oxygen atoms in total. The minimum absolute atomic E-state index is 0.114. The molecular weight excluding hydrogens is 312 g/mol. The van der Waals surface area contributed by atoms with Crippen molar-refractivity contribution >= 4 is 0 Å². The highest BCUT2D eigenvalue weighted by Crippen LogP contribution is 2.27. The van der Waals surface area contributed by atoms with E-state index in [4.69, 9.17) is 9.47 Å². The first-order valence-electron chi connectivity index (χ1n) is 9.39. The Morgan fingerprint density at radius 2 is 1.80 bits per heavy atom. The van der Waals surface area contributed by atoms with Gasteiger partial charge in [0.1, 0.15) is 5.75 Å². The van der Waals surface area contributed by atoms with Crippen molar-refractivity contribution in [3.8, 4) is 5.75 Å². The minimum atomic E-state index is 0.114. The second kappa shape index (κ2) is 8.52. The largest absolute Gasteiger partial charge is 0.496 e. The Bertz CT molecular complexity index is 543. The quantitative estimate of drug-likeness (QED) is 0.812. The van der Waals surface area contributed by atoms with Gasteiger partial charge in [0.2, 0.25) is 0 Å². The smallest absolute Gasteiger partial charge is 0.123 e. The molecule has 0 unspecified atom stereocenters. The van der Waals surface area contributed by atoms with E-state index >= 15 is 0 Å². The third-order valence-electron chi connectivity index (χ3n) is 4.59. The fraction of sp³-hybridized carbons (Fsp3) is 0.714. The average Bonchev–Trinajstić information content (AvgIpc) is 2.52. The van der Waals surface area contributed by atoms with Crippen molar-refractivity contribution in [1.82, 2.24) is 10.2 Å². The van der Waals surface area contributed by atoms with Gasteiger partial charge >= 0.3 is 0 Å². The zero-order valence-corrected chi connectivity index (χ0v) is 16.9. The standard InChI is InChI=1S/C21H36N2O2/c1-20(2,3)16-21(4,5)22-14-17-7-8-19(24-6)18(13-17)15-23-9-11-25-12-10-23/h7-8,13,22H,9-12,14-16H2,1-6H3. The number of methoxy groups -OCH3 is 1. The molecule has 1 N–H and O–H groups in total. The number of nitrogens with one attached hydrogen (secondary N) is 1. The molecule has 0 spiro atoms. The summed E-state index contributed by atoms with van der Waals surface area (Å²) in [4.78, 5) is 2.43. The molecule has 1 aliphatic heterocycles. The van der Waals surface area contributed by atoms with Crippen LogP contribution in [0.3, 0.4) is 0 Å². The Kier molecular flexibility index (Phi) is 6.89. The summed E-state index contributed by atoms with van der Waals surface area (Å²) in [6.07, 6.45) is 1.14. The van der Waals surface area contributed by atoms with Crippen LogP contribution < -0.4 is 10.1 Å². The van der Waals surface area contributed by atoms with Gasteiger partial charge in [-0.05, 0) is 43.4 Å². The van der Waals surface area contributed by atoms with E-state index in [1.165, 1.54) is 11.1 Å². The van der Waals surface area contributed by atoms with Gasteiger partial charge < -0.3 is 14.8 Å². The molecule has 2 rings (SSSR count). The van der Waals surface area contributed by atoms with Crippen LogP contribution in [0.15, 0.2) is 18.2 Å². The average molecular weight is 349 g/mol. The van der Waals surface area contributed by atoms with Gasteiger partial charge in [0.15, 0.2) is 0 Å². The highest BCUT2D eigenvalue weighted by Gasteiger charge is 2.24. The van der Waals surface area contributed by atoms with E-state index in [2.05, 4.69) is 63.0 Å². The van der Waals surface area contributed by atoms with Crippen LogP contribution in [0.1, 0.15) is 52.2 Å². The third-order valence-corrected chi connectivity index (χ3v) is 4.59. The first-order valence-corrected chi connectivity index (χ1v) is 9.39. The summed E-state index contributed by atoms with van der Waals surface area (Å²) in [6.45, 7) is 16.9. The molecule has 1 saturated heterocycles. The van der Waals surface area contributed by atoms with Crippen LogP contribution in [0.2, 0.25) is 0 Å². The Labute approximate surface area is 153 Å². The minimum Gasteiger partial charge on any atom is -0.496 e. The van der Waals surface area contributed by atoms with Gasteiger partial charge in [-0.25, -0.2) is 0 Å². The summed E-state index contributed by atoms with van der Waals surface area (Å²) < 4.78 is 11.0. The lowest BCUT2D eigenvalue weighted by molar-refractivity contribution is 0.0339. The molecule has 0 aliphatic carbocycles. The van der Waals surface area contributed by atoms with Crippen molar-refractivity contribution in [2.45, 2.75) is 59.7 Å². The lowest BCUT2D eigenvalue weighted by Crippen LogP contribution is -2.41. The molecule has 0 radical (unpaired) electrons. The first-order chi connectivity index (χ1) is 11.7. The van der Waals surface area contributed by atoms with E-state index in [9.17, 15) is 0 Å². The van der Waals surface area contributed by atoms with Crippen LogP contribution in [0.25, 0.3) is 0 Å². The molecule has 1 fully saturated rings. The normalized spacial score (nSPS) is 16.9. The topological polar surface area (TPSA) is 33.7 Å². The molecule has 4 heteroatoms. The first kappa shape index (κ1) is 20.2. The number of ether oxygens (including phenoxy) is 2. The number of rotatable bonds is 7. The summed E-state index contributed by atoms with van der Waals surface area (Å²) in [5, 5.41) is 3.73. The van der Waals surface area contributed by atoms with Gasteiger partial charge in [0.25, 0.3) is 0 Å². The van der Waals surface area contributed by atoms with Crippen LogP contribution in [0.5, 0.6) is 5.75 Å². The molecule has 0 amide bonds. The lowest BCUT2D eigenvalue weighted by Gasteiger charge is -2.33. The Morgan fingerprint density at radius 1 is 1.12 bits per heavy atom. The van der Waals surface area contributed by atoms with Crippen molar-refractivity contribution in [3.05, 3.63) is 29.3 Å². The highest BCUT2D eigenvalue weighted by molar-refractivity contribution is 5.37. The molecule has 1 heterocycles. The van der Waals surface area contributed by atoms with E-state index in [0.29, 0.717) is 5.41 Å². The van der Waals surface area contributed by atoms with Crippen LogP contribution in [-0.4, -0.2) is 43.9 Å². The molecule has 25 heavy (non-hydrogen) atoms. The summed E-state index contributed by atoms with van der Waals surface area (Å²) in [6, 6.07) is 6.56. The highest BCUT2D eigenvalue weighted by atomic mass is 16.5. The summed E-state index contributed by atoms with van der Waals surface area (Å²) in [5.74, 6) is 0.976. The molecule has 0 atom stereocenters. The van der Waals surface area contributed by atoms with Gasteiger partial charge in [0, 0.05) is 37.3 Å². The van der Waals surface area contributed by atoms with Crippen LogP contribution in [0.4, 0.5) is 0 Å². The molecule has 1 aromatic rings. The van der Waals surface area contributed by atoms with Gasteiger partial charge in [0.05, 0.1) is 20.3 Å². The SMILES string of the molecule is COc1ccc(CNC(C)(C)CC(C)(C)C)cc1CN1CCOCC1. The zero-order valence-electron chi connectivity index (χ0n) is 16.9. The van der Waals surface area contributed by atoms with Gasteiger partial charge in [-0.2, -0.15) is 0 Å². The van der Waals surface area contributed by atoms with E-state index in [-0.39, 0.29) is 5.54 Å². The molecule has 1 aromatic carbocycles. The second-order valence-electron chi connectivity index (χ2n) is 9.01. The predicted molar refractivity (Wildman–Crippen MR) is 104 cm³/mol. The van der Waals surface area contributed by atoms with Crippen LogP contribution in [0, 0.1) is 5.41 Å². The van der Waals surface area contributed by atoms with Crippen molar-refractivity contribution < 1.29 is 9.47 Å². The van der Waals surface area contributed by atoms with Crippen molar-refractivity contribution in [1.29, 1.82) is 0 Å². The Hall–Kier alpha value is -1.10. The van der Waals surface area contributed by atoms with Crippen LogP contribution in [-0.2, 0) is 17.8 Å². The molecule has 142 valence electrons. The fourth-order valence-corrected chi connectivity index (χ4v) is 3.80. The molecule has 0 aromatic heterocycles. The number of hydrogen-bond donors (Lipinski definition) is 1. The zero-order chi connectivity index (χ0) is 18.5. The maximum atomic E-state index is 5.57.